The Morgan fingerprint density at radius 3 is 2.64 bits per heavy atom. The minimum Gasteiger partial charge on any atom is -0.354 e. The van der Waals surface area contributed by atoms with Gasteiger partial charge in [-0.25, -0.2) is 0 Å². The molecule has 2 heterocycles. The Balaban J connectivity index is 1.58. The van der Waals surface area contributed by atoms with E-state index in [9.17, 15) is 0 Å². The second-order valence-corrected chi connectivity index (χ2v) is 7.49. The maximum Gasteiger partial charge on any atom is 0.191 e. The summed E-state index contributed by atoms with van der Waals surface area (Å²) in [4.78, 5) is 8.42. The highest BCUT2D eigenvalue weighted by Gasteiger charge is 2.24. The molecule has 25 heavy (non-hydrogen) atoms. The van der Waals surface area contributed by atoms with Crippen LogP contribution in [0.15, 0.2) is 46.8 Å². The molecule has 0 aliphatic carbocycles. The van der Waals surface area contributed by atoms with Crippen LogP contribution in [-0.2, 0) is 6.54 Å². The molecule has 1 fully saturated rings. The molecule has 0 bridgehead atoms. The normalized spacial score (nSPS) is 16.8. The molecule has 0 radical (unpaired) electrons. The minimum atomic E-state index is 0.430. The Morgan fingerprint density at radius 1 is 1.16 bits per heavy atom. The molecule has 0 spiro atoms. The zero-order valence-electron chi connectivity index (χ0n) is 15.2. The Bertz CT molecular complexity index is 675. The van der Waals surface area contributed by atoms with Crippen molar-refractivity contribution in [2.75, 3.05) is 26.7 Å². The first-order valence-electron chi connectivity index (χ1n) is 9.04. The number of aryl methyl sites for hydroxylation is 1. The third kappa shape index (κ3) is 4.83. The van der Waals surface area contributed by atoms with Gasteiger partial charge < -0.3 is 10.6 Å². The van der Waals surface area contributed by atoms with Crippen molar-refractivity contribution in [1.82, 2.24) is 15.5 Å². The van der Waals surface area contributed by atoms with Crippen LogP contribution in [0.2, 0.25) is 0 Å². The van der Waals surface area contributed by atoms with Gasteiger partial charge in [0, 0.05) is 25.0 Å². The number of guanidine groups is 1. The quantitative estimate of drug-likeness (QED) is 0.614. The second-order valence-electron chi connectivity index (χ2n) is 6.51. The number of nitrogens with one attached hydrogen (secondary N) is 2. The fraction of sp³-hybridized carbons (Fsp3) is 0.450. The van der Waals surface area contributed by atoms with E-state index in [-0.39, 0.29) is 0 Å². The van der Waals surface area contributed by atoms with Crippen molar-refractivity contribution in [1.29, 1.82) is 0 Å². The molecule has 0 amide bonds. The largest absolute Gasteiger partial charge is 0.354 e. The monoisotopic (exact) mass is 356 g/mol. The lowest BCUT2D eigenvalue weighted by Gasteiger charge is -2.27. The van der Waals surface area contributed by atoms with Gasteiger partial charge in [-0.05, 0) is 55.4 Å². The summed E-state index contributed by atoms with van der Waals surface area (Å²) in [5, 5.41) is 9.14. The highest BCUT2D eigenvalue weighted by molar-refractivity contribution is 7.10. The molecular formula is C20H28N4S. The van der Waals surface area contributed by atoms with Gasteiger partial charge >= 0.3 is 0 Å². The summed E-state index contributed by atoms with van der Waals surface area (Å²) >= 11 is 1.85. The van der Waals surface area contributed by atoms with Crippen molar-refractivity contribution in [3.05, 3.63) is 57.8 Å². The molecule has 134 valence electrons. The maximum absolute atomic E-state index is 4.39. The van der Waals surface area contributed by atoms with Gasteiger partial charge in [-0.2, -0.15) is 0 Å². The number of thiophene rings is 1. The van der Waals surface area contributed by atoms with Crippen LogP contribution in [0.1, 0.15) is 34.9 Å². The minimum absolute atomic E-state index is 0.430. The molecule has 2 aromatic rings. The van der Waals surface area contributed by atoms with Crippen molar-refractivity contribution >= 4 is 17.3 Å². The van der Waals surface area contributed by atoms with Crippen LogP contribution >= 0.6 is 11.3 Å². The highest BCUT2D eigenvalue weighted by Crippen LogP contribution is 2.27. The molecule has 5 heteroatoms. The Morgan fingerprint density at radius 2 is 1.96 bits per heavy atom. The lowest BCUT2D eigenvalue weighted by Crippen LogP contribution is -2.42. The van der Waals surface area contributed by atoms with Crippen molar-refractivity contribution < 1.29 is 0 Å². The van der Waals surface area contributed by atoms with Crippen LogP contribution in [0.4, 0.5) is 0 Å². The van der Waals surface area contributed by atoms with Gasteiger partial charge in [0.15, 0.2) is 5.96 Å². The summed E-state index contributed by atoms with van der Waals surface area (Å²) in [6, 6.07) is 13.3. The average Bonchev–Trinajstić information content (AvgIpc) is 3.33. The Labute approximate surface area is 155 Å². The molecule has 1 aliphatic rings. The highest BCUT2D eigenvalue weighted by atomic mass is 32.1. The van der Waals surface area contributed by atoms with Gasteiger partial charge in [0.2, 0.25) is 0 Å². The lowest BCUT2D eigenvalue weighted by atomic mass is 10.1. The van der Waals surface area contributed by atoms with Crippen LogP contribution in [-0.4, -0.2) is 37.5 Å². The first-order chi connectivity index (χ1) is 12.3. The summed E-state index contributed by atoms with van der Waals surface area (Å²) in [5.74, 6) is 0.865. The van der Waals surface area contributed by atoms with E-state index in [1.54, 1.807) is 0 Å². The lowest BCUT2D eigenvalue weighted by molar-refractivity contribution is 0.249. The zero-order valence-corrected chi connectivity index (χ0v) is 16.0. The number of aliphatic imine (C=N–C) groups is 1. The van der Waals surface area contributed by atoms with Crippen LogP contribution < -0.4 is 10.6 Å². The average molecular weight is 357 g/mol. The van der Waals surface area contributed by atoms with Crippen molar-refractivity contribution in [2.24, 2.45) is 4.99 Å². The number of likely N-dealkylation sites (tertiary alicyclic amines) is 1. The fourth-order valence-corrected chi connectivity index (χ4v) is 4.21. The summed E-state index contributed by atoms with van der Waals surface area (Å²) in [6.07, 6.45) is 2.62. The molecule has 3 rings (SSSR count). The molecule has 4 nitrogen and oxygen atoms in total. The molecular weight excluding hydrogens is 328 g/mol. The van der Waals surface area contributed by atoms with Crippen molar-refractivity contribution in [2.45, 2.75) is 32.4 Å². The standard InChI is InChI=1S/C20H28N4S/c1-16-8-3-4-9-17(16)14-22-20(21-2)23-15-18(19-10-7-13-25-19)24-11-5-6-12-24/h3-4,7-10,13,18H,5-6,11-12,14-15H2,1-2H3,(H2,21,22,23). The zero-order chi connectivity index (χ0) is 17.5. The predicted molar refractivity (Wildman–Crippen MR) is 107 cm³/mol. The molecule has 1 atom stereocenters. The van der Waals surface area contributed by atoms with Gasteiger partial charge in [-0.1, -0.05) is 30.3 Å². The number of hydrogen-bond acceptors (Lipinski definition) is 3. The summed E-state index contributed by atoms with van der Waals surface area (Å²) in [5.41, 5.74) is 2.61. The molecule has 1 aromatic heterocycles. The maximum atomic E-state index is 4.39. The SMILES string of the molecule is CN=C(NCc1ccccc1C)NCC(c1cccs1)N1CCCC1. The van der Waals surface area contributed by atoms with E-state index < -0.39 is 0 Å². The van der Waals surface area contributed by atoms with Crippen LogP contribution in [0, 0.1) is 6.92 Å². The molecule has 1 unspecified atom stereocenters. The Hall–Kier alpha value is -1.85. The summed E-state index contributed by atoms with van der Waals surface area (Å²) in [7, 11) is 1.84. The molecule has 0 saturated carbocycles. The van der Waals surface area contributed by atoms with Crippen LogP contribution in [0.25, 0.3) is 0 Å². The number of hydrogen-bond donors (Lipinski definition) is 2. The van der Waals surface area contributed by atoms with E-state index in [0.29, 0.717) is 6.04 Å². The smallest absolute Gasteiger partial charge is 0.191 e. The first kappa shape index (κ1) is 18.0. The van der Waals surface area contributed by atoms with Gasteiger partial charge in [0.1, 0.15) is 0 Å². The van der Waals surface area contributed by atoms with E-state index in [1.165, 1.54) is 41.9 Å². The number of rotatable bonds is 6. The van der Waals surface area contributed by atoms with Crippen molar-refractivity contribution in [3.8, 4) is 0 Å². The third-order valence-corrected chi connectivity index (χ3v) is 5.82. The van der Waals surface area contributed by atoms with E-state index in [0.717, 1.165) is 19.0 Å². The van der Waals surface area contributed by atoms with Gasteiger partial charge in [0.05, 0.1) is 6.04 Å². The number of benzene rings is 1. The molecule has 1 aliphatic heterocycles. The van der Waals surface area contributed by atoms with Gasteiger partial charge in [0.25, 0.3) is 0 Å². The van der Waals surface area contributed by atoms with Crippen LogP contribution in [0.3, 0.4) is 0 Å². The topological polar surface area (TPSA) is 39.7 Å². The number of nitrogens with zero attached hydrogens (tertiary/aromatic N) is 2. The molecule has 1 saturated heterocycles. The van der Waals surface area contributed by atoms with E-state index >= 15 is 0 Å². The van der Waals surface area contributed by atoms with E-state index in [2.05, 4.69) is 69.2 Å². The molecule has 1 aromatic carbocycles. The first-order valence-corrected chi connectivity index (χ1v) is 9.92. The summed E-state index contributed by atoms with van der Waals surface area (Å²) < 4.78 is 0. The summed E-state index contributed by atoms with van der Waals surface area (Å²) in [6.45, 7) is 6.21. The van der Waals surface area contributed by atoms with E-state index in [1.807, 2.05) is 18.4 Å². The molecule has 2 N–H and O–H groups in total. The van der Waals surface area contributed by atoms with Crippen molar-refractivity contribution in [3.63, 3.8) is 0 Å². The van der Waals surface area contributed by atoms with Gasteiger partial charge in [-0.15, -0.1) is 11.3 Å². The van der Waals surface area contributed by atoms with Gasteiger partial charge in [-0.3, -0.25) is 9.89 Å². The third-order valence-electron chi connectivity index (χ3n) is 4.85. The fourth-order valence-electron chi connectivity index (χ4n) is 3.35. The van der Waals surface area contributed by atoms with Crippen LogP contribution in [0.5, 0.6) is 0 Å². The predicted octanol–water partition coefficient (Wildman–Crippen LogP) is 3.56. The Kier molecular flexibility index (Phi) is 6.48. The second kappa shape index (κ2) is 9.02. The van der Waals surface area contributed by atoms with E-state index in [4.69, 9.17) is 0 Å².